The van der Waals surface area contributed by atoms with Crippen molar-refractivity contribution in [3.05, 3.63) is 47.2 Å². The van der Waals surface area contributed by atoms with Gasteiger partial charge >= 0.3 is 6.18 Å². The van der Waals surface area contributed by atoms with Gasteiger partial charge in [0.1, 0.15) is 6.04 Å². The molecule has 1 amide bonds. The van der Waals surface area contributed by atoms with Crippen LogP contribution < -0.4 is 5.32 Å². The second-order valence-electron chi connectivity index (χ2n) is 4.60. The molecule has 1 atom stereocenters. The SMILES string of the molecule is CCC(C(=O)Nc1ccccc1C(F)(F)F)n1cc(Cl)cn1. The number of benzene rings is 1. The summed E-state index contributed by atoms with van der Waals surface area (Å²) in [6.45, 7) is 1.73. The maximum atomic E-state index is 12.9. The van der Waals surface area contributed by atoms with E-state index in [4.69, 9.17) is 11.6 Å². The van der Waals surface area contributed by atoms with Crippen LogP contribution in [0, 0.1) is 0 Å². The maximum Gasteiger partial charge on any atom is 0.418 e. The molecule has 8 heteroatoms. The van der Waals surface area contributed by atoms with Gasteiger partial charge in [-0.3, -0.25) is 9.48 Å². The number of hydrogen-bond donors (Lipinski definition) is 1. The summed E-state index contributed by atoms with van der Waals surface area (Å²) in [5, 5.41) is 6.58. The molecule has 1 heterocycles. The minimum atomic E-state index is -4.54. The summed E-state index contributed by atoms with van der Waals surface area (Å²) in [4.78, 5) is 12.3. The van der Waals surface area contributed by atoms with Crippen molar-refractivity contribution in [3.8, 4) is 0 Å². The number of halogens is 4. The van der Waals surface area contributed by atoms with Crippen LogP contribution in [0.25, 0.3) is 0 Å². The predicted molar refractivity (Wildman–Crippen MR) is 76.6 cm³/mol. The number of para-hydroxylation sites is 1. The summed E-state index contributed by atoms with van der Waals surface area (Å²) < 4.78 is 40.1. The van der Waals surface area contributed by atoms with E-state index in [0.29, 0.717) is 11.4 Å². The van der Waals surface area contributed by atoms with Gasteiger partial charge in [-0.05, 0) is 18.6 Å². The highest BCUT2D eigenvalue weighted by Crippen LogP contribution is 2.34. The second-order valence-corrected chi connectivity index (χ2v) is 5.03. The second kappa shape index (κ2) is 6.39. The highest BCUT2D eigenvalue weighted by molar-refractivity contribution is 6.30. The monoisotopic (exact) mass is 331 g/mol. The molecule has 0 saturated carbocycles. The van der Waals surface area contributed by atoms with Crippen LogP contribution in [0.3, 0.4) is 0 Å². The molecule has 1 unspecified atom stereocenters. The molecular formula is C14H13ClF3N3O. The van der Waals surface area contributed by atoms with Crippen molar-refractivity contribution in [3.63, 3.8) is 0 Å². The van der Waals surface area contributed by atoms with Gasteiger partial charge in [0.2, 0.25) is 5.91 Å². The van der Waals surface area contributed by atoms with Gasteiger partial charge in [-0.1, -0.05) is 30.7 Å². The molecule has 1 aromatic heterocycles. The van der Waals surface area contributed by atoms with Gasteiger partial charge in [0.25, 0.3) is 0 Å². The zero-order valence-electron chi connectivity index (χ0n) is 11.6. The lowest BCUT2D eigenvalue weighted by Crippen LogP contribution is -2.27. The molecule has 1 N–H and O–H groups in total. The molecule has 2 aromatic rings. The van der Waals surface area contributed by atoms with E-state index in [1.165, 1.54) is 35.3 Å². The van der Waals surface area contributed by atoms with E-state index in [-0.39, 0.29) is 5.69 Å². The third kappa shape index (κ3) is 3.59. The van der Waals surface area contributed by atoms with Crippen LogP contribution in [0.15, 0.2) is 36.7 Å². The van der Waals surface area contributed by atoms with E-state index in [9.17, 15) is 18.0 Å². The Balaban J connectivity index is 2.25. The van der Waals surface area contributed by atoms with E-state index < -0.39 is 23.7 Å². The average molecular weight is 332 g/mol. The summed E-state index contributed by atoms with van der Waals surface area (Å²) >= 11 is 5.75. The molecule has 2 rings (SSSR count). The predicted octanol–water partition coefficient (Wildman–Crippen LogP) is 4.15. The molecule has 0 aliphatic rings. The van der Waals surface area contributed by atoms with E-state index in [0.717, 1.165) is 6.07 Å². The van der Waals surface area contributed by atoms with Crippen LogP contribution in [0.5, 0.6) is 0 Å². The average Bonchev–Trinajstić information content (AvgIpc) is 2.85. The zero-order chi connectivity index (χ0) is 16.3. The molecule has 22 heavy (non-hydrogen) atoms. The van der Waals surface area contributed by atoms with Crippen LogP contribution in [-0.2, 0) is 11.0 Å². The topological polar surface area (TPSA) is 46.9 Å². The number of amides is 1. The molecular weight excluding hydrogens is 319 g/mol. The largest absolute Gasteiger partial charge is 0.418 e. The maximum absolute atomic E-state index is 12.9. The van der Waals surface area contributed by atoms with Crippen molar-refractivity contribution in [1.29, 1.82) is 0 Å². The Morgan fingerprint density at radius 1 is 1.41 bits per heavy atom. The van der Waals surface area contributed by atoms with Crippen LogP contribution in [0.4, 0.5) is 18.9 Å². The van der Waals surface area contributed by atoms with E-state index in [2.05, 4.69) is 10.4 Å². The number of rotatable bonds is 4. The summed E-state index contributed by atoms with van der Waals surface area (Å²) in [6.07, 6.45) is -1.37. The third-order valence-corrected chi connectivity index (χ3v) is 3.26. The first kappa shape index (κ1) is 16.4. The highest BCUT2D eigenvalue weighted by atomic mass is 35.5. The fourth-order valence-corrected chi connectivity index (χ4v) is 2.18. The number of nitrogens with one attached hydrogen (secondary N) is 1. The number of alkyl halides is 3. The van der Waals surface area contributed by atoms with Crippen LogP contribution in [-0.4, -0.2) is 15.7 Å². The van der Waals surface area contributed by atoms with Crippen LogP contribution >= 0.6 is 11.6 Å². The number of anilines is 1. The van der Waals surface area contributed by atoms with Gasteiger partial charge in [-0.2, -0.15) is 18.3 Å². The lowest BCUT2D eigenvalue weighted by atomic mass is 10.1. The first-order valence-electron chi connectivity index (χ1n) is 6.49. The number of aromatic nitrogens is 2. The van der Waals surface area contributed by atoms with E-state index >= 15 is 0 Å². The molecule has 0 saturated heterocycles. The lowest BCUT2D eigenvalue weighted by Gasteiger charge is -2.18. The normalized spacial score (nSPS) is 13.0. The smallest absolute Gasteiger partial charge is 0.324 e. The van der Waals surface area contributed by atoms with E-state index in [1.54, 1.807) is 6.92 Å². The highest BCUT2D eigenvalue weighted by Gasteiger charge is 2.34. The minimum absolute atomic E-state index is 0.281. The van der Waals surface area contributed by atoms with Crippen molar-refractivity contribution < 1.29 is 18.0 Å². The van der Waals surface area contributed by atoms with Gasteiger partial charge in [0, 0.05) is 6.20 Å². The number of nitrogens with zero attached hydrogens (tertiary/aromatic N) is 2. The Morgan fingerprint density at radius 3 is 2.64 bits per heavy atom. The van der Waals surface area contributed by atoms with Crippen LogP contribution in [0.1, 0.15) is 24.9 Å². The standard InChI is InChI=1S/C14H13ClF3N3O/c1-2-12(21-8-9(15)7-19-21)13(22)20-11-6-4-3-5-10(11)14(16,17)18/h3-8,12H,2H2,1H3,(H,20,22). The van der Waals surface area contributed by atoms with Gasteiger partial charge in [0.15, 0.2) is 0 Å². The molecule has 0 aliphatic heterocycles. The van der Waals surface area contributed by atoms with Gasteiger partial charge in [-0.15, -0.1) is 0 Å². The van der Waals surface area contributed by atoms with Crippen molar-refractivity contribution in [2.75, 3.05) is 5.32 Å². The summed E-state index contributed by atoms with van der Waals surface area (Å²) in [7, 11) is 0. The summed E-state index contributed by atoms with van der Waals surface area (Å²) in [5.41, 5.74) is -1.17. The van der Waals surface area contributed by atoms with Crippen molar-refractivity contribution >= 4 is 23.2 Å². The Bertz CT molecular complexity index is 669. The number of carbonyl (C=O) groups excluding carboxylic acids is 1. The molecule has 0 spiro atoms. The zero-order valence-corrected chi connectivity index (χ0v) is 12.3. The fraction of sp³-hybridized carbons (Fsp3) is 0.286. The van der Waals surface area contributed by atoms with E-state index in [1.807, 2.05) is 0 Å². The Labute approximate surface area is 129 Å². The lowest BCUT2D eigenvalue weighted by molar-refractivity contribution is -0.137. The molecule has 118 valence electrons. The molecule has 1 aromatic carbocycles. The first-order valence-corrected chi connectivity index (χ1v) is 6.87. The van der Waals surface area contributed by atoms with Crippen molar-refractivity contribution in [1.82, 2.24) is 9.78 Å². The number of hydrogen-bond acceptors (Lipinski definition) is 2. The summed E-state index contributed by atoms with van der Waals surface area (Å²) in [5.74, 6) is -0.584. The Hall–Kier alpha value is -2.02. The van der Waals surface area contributed by atoms with Crippen molar-refractivity contribution in [2.24, 2.45) is 0 Å². The van der Waals surface area contributed by atoms with Crippen molar-refractivity contribution in [2.45, 2.75) is 25.6 Å². The summed E-state index contributed by atoms with van der Waals surface area (Å²) in [6, 6.07) is 4.08. The quantitative estimate of drug-likeness (QED) is 0.915. The Kier molecular flexibility index (Phi) is 4.75. The van der Waals surface area contributed by atoms with Crippen LogP contribution in [0.2, 0.25) is 5.02 Å². The fourth-order valence-electron chi connectivity index (χ4n) is 2.03. The van der Waals surface area contributed by atoms with Gasteiger partial charge < -0.3 is 5.32 Å². The van der Waals surface area contributed by atoms with Gasteiger partial charge in [-0.25, -0.2) is 0 Å². The molecule has 0 fully saturated rings. The third-order valence-electron chi connectivity index (χ3n) is 3.07. The Morgan fingerprint density at radius 2 is 2.09 bits per heavy atom. The first-order chi connectivity index (χ1) is 10.3. The van der Waals surface area contributed by atoms with Gasteiger partial charge in [0.05, 0.1) is 22.5 Å². The molecule has 0 radical (unpaired) electrons. The molecule has 0 aliphatic carbocycles. The number of carbonyl (C=O) groups is 1. The molecule has 4 nitrogen and oxygen atoms in total. The minimum Gasteiger partial charge on any atom is -0.324 e. The molecule has 0 bridgehead atoms.